The van der Waals surface area contributed by atoms with E-state index < -0.39 is 12.2 Å². The molecule has 4 rings (SSSR count). The van der Waals surface area contributed by atoms with Crippen LogP contribution in [0.1, 0.15) is 40.1 Å². The van der Waals surface area contributed by atoms with Crippen molar-refractivity contribution in [3.8, 4) is 0 Å². The summed E-state index contributed by atoms with van der Waals surface area (Å²) >= 11 is 1.11. The first-order valence-corrected chi connectivity index (χ1v) is 11.4. The van der Waals surface area contributed by atoms with Crippen molar-refractivity contribution in [1.29, 1.82) is 0 Å². The number of nitrogens with one attached hydrogen (secondary N) is 1. The summed E-state index contributed by atoms with van der Waals surface area (Å²) in [5.41, 5.74) is 1.60. The van der Waals surface area contributed by atoms with Crippen LogP contribution in [0.25, 0.3) is 10.2 Å². The molecule has 10 heteroatoms. The highest BCUT2D eigenvalue weighted by Gasteiger charge is 2.22. The van der Waals surface area contributed by atoms with Gasteiger partial charge in [0, 0.05) is 44.0 Å². The highest BCUT2D eigenvalue weighted by Crippen LogP contribution is 2.34. The number of aromatic carboxylic acids is 1. The number of likely N-dealkylation sites (N-methyl/N-ethyl adjacent to an activating group) is 1. The van der Waals surface area contributed by atoms with Crippen LogP contribution in [0, 0.1) is 0 Å². The van der Waals surface area contributed by atoms with E-state index in [1.165, 1.54) is 6.07 Å². The number of benzene rings is 1. The summed E-state index contributed by atoms with van der Waals surface area (Å²) in [5, 5.41) is 17.3. The molecular formula is C22H27N5O4S. The van der Waals surface area contributed by atoms with E-state index in [1.54, 1.807) is 16.8 Å². The van der Waals surface area contributed by atoms with Crippen LogP contribution in [0.4, 0.5) is 11.5 Å². The molecule has 0 bridgehead atoms. The third-order valence-electron chi connectivity index (χ3n) is 5.58. The van der Waals surface area contributed by atoms with Crippen LogP contribution in [0.2, 0.25) is 0 Å². The first kappa shape index (κ1) is 22.3. The number of anilines is 2. The van der Waals surface area contributed by atoms with Gasteiger partial charge >= 0.3 is 5.97 Å². The maximum atomic E-state index is 12.9. The number of nitrogens with zero attached hydrogens (tertiary/aromatic N) is 4. The Labute approximate surface area is 190 Å². The van der Waals surface area contributed by atoms with Crippen LogP contribution in [0.15, 0.2) is 30.3 Å². The maximum Gasteiger partial charge on any atom is 0.345 e. The first-order chi connectivity index (χ1) is 15.4. The Morgan fingerprint density at radius 3 is 2.53 bits per heavy atom. The lowest BCUT2D eigenvalue weighted by Crippen LogP contribution is -2.44. The number of aromatic nitrogens is 2. The van der Waals surface area contributed by atoms with Gasteiger partial charge in [-0.3, -0.25) is 4.79 Å². The minimum atomic E-state index is -1.02. The number of carbonyl (C=O) groups is 2. The lowest BCUT2D eigenvalue weighted by atomic mass is 10.1. The molecule has 1 aliphatic rings. The molecular weight excluding hydrogens is 430 g/mol. The smallest absolute Gasteiger partial charge is 0.345 e. The van der Waals surface area contributed by atoms with Crippen LogP contribution in [0.3, 0.4) is 0 Å². The molecule has 9 nitrogen and oxygen atoms in total. The molecule has 0 saturated carbocycles. The van der Waals surface area contributed by atoms with Gasteiger partial charge in [-0.05, 0) is 51.2 Å². The fraction of sp³-hybridized carbons (Fsp3) is 0.409. The molecule has 2 N–H and O–H groups in total. The monoisotopic (exact) mass is 457 g/mol. The molecule has 0 radical (unpaired) electrons. The minimum Gasteiger partial charge on any atom is -0.477 e. The number of piperazine rings is 1. The Morgan fingerprint density at radius 1 is 1.22 bits per heavy atom. The third kappa shape index (κ3) is 4.47. The predicted octanol–water partition coefficient (Wildman–Crippen LogP) is 3.36. The predicted molar refractivity (Wildman–Crippen MR) is 125 cm³/mol. The van der Waals surface area contributed by atoms with Crippen LogP contribution >= 0.6 is 11.3 Å². The van der Waals surface area contributed by atoms with Gasteiger partial charge in [-0.1, -0.05) is 0 Å². The van der Waals surface area contributed by atoms with Gasteiger partial charge < -0.3 is 25.0 Å². The van der Waals surface area contributed by atoms with E-state index in [0.717, 1.165) is 43.2 Å². The van der Waals surface area contributed by atoms with Crippen molar-refractivity contribution < 1.29 is 19.4 Å². The molecule has 1 amide bonds. The van der Waals surface area contributed by atoms with E-state index in [9.17, 15) is 14.7 Å². The van der Waals surface area contributed by atoms with E-state index in [1.807, 2.05) is 26.0 Å². The summed E-state index contributed by atoms with van der Waals surface area (Å²) in [7, 11) is 2.12. The Kier molecular flexibility index (Phi) is 6.45. The molecule has 1 saturated heterocycles. The van der Waals surface area contributed by atoms with Gasteiger partial charge in [0.15, 0.2) is 5.82 Å². The summed E-state index contributed by atoms with van der Waals surface area (Å²) in [5.74, 6) is -0.990. The van der Waals surface area contributed by atoms with Gasteiger partial charge in [-0.25, -0.2) is 9.48 Å². The molecule has 1 aliphatic heterocycles. The molecule has 0 spiro atoms. The Bertz CT molecular complexity index is 1120. The van der Waals surface area contributed by atoms with Crippen LogP contribution < -0.4 is 10.2 Å². The number of ether oxygens (including phenoxy) is 1. The topological polar surface area (TPSA) is 99.9 Å². The van der Waals surface area contributed by atoms with E-state index in [0.29, 0.717) is 28.2 Å². The van der Waals surface area contributed by atoms with Crippen molar-refractivity contribution in [2.75, 3.05) is 50.1 Å². The van der Waals surface area contributed by atoms with Crippen molar-refractivity contribution in [1.82, 2.24) is 14.7 Å². The summed E-state index contributed by atoms with van der Waals surface area (Å²) in [6, 6.07) is 9.06. The van der Waals surface area contributed by atoms with Gasteiger partial charge in [0.1, 0.15) is 15.9 Å². The van der Waals surface area contributed by atoms with Gasteiger partial charge in [0.05, 0.1) is 5.39 Å². The van der Waals surface area contributed by atoms with E-state index >= 15 is 0 Å². The summed E-state index contributed by atoms with van der Waals surface area (Å²) < 4.78 is 7.24. The molecule has 32 heavy (non-hydrogen) atoms. The SMILES string of the molecule is CCOC(C)n1nc(NC(=O)c2ccc(N3CCN(C)CC3)cc2)c2cc(C(=O)O)sc21. The Morgan fingerprint density at radius 2 is 1.91 bits per heavy atom. The van der Waals surface area contributed by atoms with E-state index in [-0.39, 0.29) is 10.8 Å². The number of fused-ring (bicyclic) bond motifs is 1. The second-order valence-electron chi connectivity index (χ2n) is 7.77. The van der Waals surface area contributed by atoms with Crippen LogP contribution in [0.5, 0.6) is 0 Å². The largest absolute Gasteiger partial charge is 0.477 e. The van der Waals surface area contributed by atoms with Gasteiger partial charge in [0.25, 0.3) is 5.91 Å². The lowest BCUT2D eigenvalue weighted by Gasteiger charge is -2.34. The number of carboxylic acids is 1. The molecule has 1 aromatic carbocycles. The van der Waals surface area contributed by atoms with Gasteiger partial charge in [-0.2, -0.15) is 5.10 Å². The van der Waals surface area contributed by atoms with Crippen molar-refractivity contribution in [2.45, 2.75) is 20.1 Å². The van der Waals surface area contributed by atoms with Crippen molar-refractivity contribution in [3.63, 3.8) is 0 Å². The van der Waals surface area contributed by atoms with Gasteiger partial charge in [0.2, 0.25) is 0 Å². The molecule has 1 fully saturated rings. The molecule has 3 aromatic rings. The molecule has 1 unspecified atom stereocenters. The lowest BCUT2D eigenvalue weighted by molar-refractivity contribution is 0.0197. The summed E-state index contributed by atoms with van der Waals surface area (Å²) in [6.45, 7) is 8.14. The molecule has 170 valence electrons. The number of amides is 1. The number of carbonyl (C=O) groups excluding carboxylic acids is 1. The standard InChI is InChI=1S/C22H27N5O4S/c1-4-31-14(2)27-21-17(13-18(32-21)22(29)30)19(24-27)23-20(28)15-5-7-16(8-6-15)26-11-9-25(3)10-12-26/h5-8,13-14H,4,9-12H2,1-3H3,(H,29,30)(H,23,24,28). The summed E-state index contributed by atoms with van der Waals surface area (Å²) in [4.78, 5) is 29.8. The molecule has 1 atom stereocenters. The molecule has 0 aliphatic carbocycles. The average Bonchev–Trinajstić information content (AvgIpc) is 3.35. The maximum absolute atomic E-state index is 12.9. The zero-order valence-electron chi connectivity index (χ0n) is 18.4. The quantitative estimate of drug-likeness (QED) is 0.561. The Balaban J connectivity index is 1.56. The van der Waals surface area contributed by atoms with Crippen molar-refractivity contribution in [2.24, 2.45) is 0 Å². The Hall–Kier alpha value is -2.95. The number of hydrogen-bond donors (Lipinski definition) is 2. The fourth-order valence-electron chi connectivity index (χ4n) is 3.75. The van der Waals surface area contributed by atoms with Crippen LogP contribution in [-0.2, 0) is 4.74 Å². The highest BCUT2D eigenvalue weighted by atomic mass is 32.1. The zero-order chi connectivity index (χ0) is 22.8. The van der Waals surface area contributed by atoms with Crippen molar-refractivity contribution >= 4 is 44.9 Å². The number of carboxylic acid groups (broad SMARTS) is 1. The molecule has 2 aromatic heterocycles. The summed E-state index contributed by atoms with van der Waals surface area (Å²) in [6.07, 6.45) is -0.392. The normalized spacial score (nSPS) is 15.8. The minimum absolute atomic E-state index is 0.182. The van der Waals surface area contributed by atoms with Crippen LogP contribution in [-0.4, -0.2) is 71.5 Å². The fourth-order valence-corrected chi connectivity index (χ4v) is 4.77. The zero-order valence-corrected chi connectivity index (χ0v) is 19.2. The number of hydrogen-bond acceptors (Lipinski definition) is 7. The second-order valence-corrected chi connectivity index (χ2v) is 8.80. The van der Waals surface area contributed by atoms with Crippen molar-refractivity contribution in [3.05, 3.63) is 40.8 Å². The first-order valence-electron chi connectivity index (χ1n) is 10.6. The average molecular weight is 458 g/mol. The number of thiophene rings is 1. The van der Waals surface area contributed by atoms with E-state index in [2.05, 4.69) is 27.3 Å². The third-order valence-corrected chi connectivity index (χ3v) is 6.69. The second kappa shape index (κ2) is 9.27. The van der Waals surface area contributed by atoms with E-state index in [4.69, 9.17) is 4.74 Å². The molecule has 3 heterocycles. The van der Waals surface area contributed by atoms with Gasteiger partial charge in [-0.15, -0.1) is 11.3 Å². The highest BCUT2D eigenvalue weighted by molar-refractivity contribution is 7.20. The number of rotatable bonds is 7.